The maximum atomic E-state index is 15.5. The third kappa shape index (κ3) is 19.4. The van der Waals surface area contributed by atoms with Crippen molar-refractivity contribution in [3.8, 4) is 0 Å². The topological polar surface area (TPSA) is 281 Å². The number of morpholine rings is 1. The third-order valence-corrected chi connectivity index (χ3v) is 18.8. The Hall–Kier alpha value is -6.25. The molecular weight excluding hydrogens is 1180 g/mol. The van der Waals surface area contributed by atoms with Crippen LogP contribution >= 0.6 is 0 Å². The second kappa shape index (κ2) is 35.3. The summed E-state index contributed by atoms with van der Waals surface area (Å²) in [5, 5.41) is 9.53. The van der Waals surface area contributed by atoms with Crippen LogP contribution < -0.4 is 16.0 Å². The van der Waals surface area contributed by atoms with E-state index < -0.39 is 162 Å². The molecule has 4 saturated heterocycles. The summed E-state index contributed by atoms with van der Waals surface area (Å²) in [6, 6.07) is -13.7. The summed E-state index contributed by atoms with van der Waals surface area (Å²) in [5.74, 6) is -9.24. The van der Waals surface area contributed by atoms with Gasteiger partial charge in [0.2, 0.25) is 59.1 Å². The number of rotatable bonds is 17. The Kier molecular flexibility index (Phi) is 30.0. The van der Waals surface area contributed by atoms with Gasteiger partial charge in [-0.2, -0.15) is 0 Å². The lowest BCUT2D eigenvalue weighted by Gasteiger charge is -2.50. The van der Waals surface area contributed by atoms with Gasteiger partial charge in [0.1, 0.15) is 67.0 Å². The van der Waals surface area contributed by atoms with E-state index >= 15 is 24.0 Å². The summed E-state index contributed by atoms with van der Waals surface area (Å²) >= 11 is 0. The van der Waals surface area contributed by atoms with Crippen LogP contribution in [0, 0.1) is 29.6 Å². The SMILES string of the molecule is C/C=C/CC(C)[C@H]1ON2C(=O)[C@H](C(C)C)N(C)C(=O)[C@@H]3CC(C)N(CC(=O)N(C)[C@@H](CC(C)C)C(=O)N3C)C(=O)[C@H](C)NC(=O)[C@H](CC(C)C)N(C)C(=O)[C@H](C(C)C)NC(=O)[C@H]([C@@H](C)OCCCCN3CCOCC3)N(C)C(=O)[C@@H](C)N(C)C(=O)[C@H](CC)NC(=O)[C@H]12. The quantitative estimate of drug-likeness (QED) is 0.139. The minimum Gasteiger partial charge on any atom is -0.379 e. The van der Waals surface area contributed by atoms with Crippen molar-refractivity contribution in [2.75, 3.05) is 88.3 Å². The number of ether oxygens (including phenoxy) is 2. The third-order valence-electron chi connectivity index (χ3n) is 18.8. The van der Waals surface area contributed by atoms with Gasteiger partial charge in [0, 0.05) is 68.0 Å². The van der Waals surface area contributed by atoms with Crippen LogP contribution in [0.3, 0.4) is 0 Å². The molecule has 4 rings (SSSR count). The standard InChI is InChI=1S/C66H114N12O14/c1-22-24-27-42(11)56-55-59(82)68-47(23-2)62(85)70(16)45(14)61(84)75(21)54(46(15)91-31-26-25-28-76-29-32-90-33-30-76)58(81)69-52(40(7)8)65(88)72(18)48(34-38(3)4)57(80)67-44(13)60(83)77-37-51(79)71(17)49(35-39(5)6)63(86)73(19)50(36-43(77)12)64(87)74(20)53(41(9)10)66(89)78(55)92-56/h22,24,38-50,52-56H,23,25-37H2,1-21H3,(H,67,80)(H,68,82)(H,69,81)/b24-22+/t42?,43?,44-,45+,46+,47-,48-,49-,50-,52-,53-,54-,55-,56+/m0/s1. The average Bonchev–Trinajstić information content (AvgIpc) is 0.959. The lowest BCUT2D eigenvalue weighted by Crippen LogP contribution is -2.72. The first kappa shape index (κ1) is 78.2. The van der Waals surface area contributed by atoms with Crippen LogP contribution in [0.15, 0.2) is 12.2 Å². The fourth-order valence-corrected chi connectivity index (χ4v) is 12.7. The van der Waals surface area contributed by atoms with Crippen molar-refractivity contribution >= 4 is 65.0 Å². The Balaban J connectivity index is 1.94. The molecule has 4 aliphatic rings. The molecule has 0 aromatic rings. The van der Waals surface area contributed by atoms with Crippen LogP contribution in [-0.4, -0.2) is 276 Å². The zero-order valence-corrected chi connectivity index (χ0v) is 59.2. The van der Waals surface area contributed by atoms with Crippen LogP contribution in [0.25, 0.3) is 0 Å². The number of amides is 11. The normalized spacial score (nSPS) is 29.5. The zero-order valence-electron chi connectivity index (χ0n) is 59.2. The van der Waals surface area contributed by atoms with Crippen molar-refractivity contribution in [1.82, 2.24) is 60.2 Å². The molecule has 4 aliphatic heterocycles. The number of likely N-dealkylation sites (N-methyl/N-ethyl adjacent to an activating group) is 6. The molecule has 11 amide bonds. The molecule has 26 nitrogen and oxygen atoms in total. The van der Waals surface area contributed by atoms with E-state index in [0.29, 0.717) is 26.1 Å². The van der Waals surface area contributed by atoms with E-state index in [0.717, 1.165) is 31.1 Å². The fraction of sp³-hybridized carbons (Fsp3) is 0.803. The maximum absolute atomic E-state index is 15.5. The number of hydrogen-bond donors (Lipinski definition) is 3. The van der Waals surface area contributed by atoms with Crippen LogP contribution in [-0.2, 0) is 67.1 Å². The van der Waals surface area contributed by atoms with Gasteiger partial charge in [0.25, 0.3) is 5.91 Å². The highest BCUT2D eigenvalue weighted by Crippen LogP contribution is 2.34. The van der Waals surface area contributed by atoms with Crippen molar-refractivity contribution in [2.45, 2.75) is 227 Å². The van der Waals surface area contributed by atoms with Gasteiger partial charge in [-0.05, 0) is 116 Å². The summed E-state index contributed by atoms with van der Waals surface area (Å²) < 4.78 is 11.9. The van der Waals surface area contributed by atoms with Crippen LogP contribution in [0.4, 0.5) is 0 Å². The molecular formula is C66H114N12O14. The molecule has 2 bridgehead atoms. The summed E-state index contributed by atoms with van der Waals surface area (Å²) in [6.07, 6.45) is 3.91. The molecule has 0 spiro atoms. The van der Waals surface area contributed by atoms with Crippen LogP contribution in [0.1, 0.15) is 149 Å². The van der Waals surface area contributed by atoms with Crippen LogP contribution in [0.5, 0.6) is 0 Å². The van der Waals surface area contributed by atoms with Crippen molar-refractivity contribution in [1.29, 1.82) is 0 Å². The Labute approximate surface area is 547 Å². The molecule has 4 heterocycles. The number of carbonyl (C=O) groups is 11. The van der Waals surface area contributed by atoms with E-state index in [9.17, 15) is 28.8 Å². The zero-order chi connectivity index (χ0) is 69.5. The second-order valence-corrected chi connectivity index (χ2v) is 27.5. The van der Waals surface area contributed by atoms with E-state index in [2.05, 4.69) is 20.9 Å². The highest BCUT2D eigenvalue weighted by Gasteiger charge is 2.55. The van der Waals surface area contributed by atoms with Gasteiger partial charge in [-0.1, -0.05) is 81.4 Å². The van der Waals surface area contributed by atoms with Crippen molar-refractivity contribution in [2.24, 2.45) is 29.6 Å². The van der Waals surface area contributed by atoms with E-state index in [-0.39, 0.29) is 50.0 Å². The highest BCUT2D eigenvalue weighted by molar-refractivity contribution is 6.00. The molecule has 26 heteroatoms. The molecule has 0 radical (unpaired) electrons. The highest BCUT2D eigenvalue weighted by atomic mass is 16.7. The van der Waals surface area contributed by atoms with E-state index in [1.165, 1.54) is 90.4 Å². The lowest BCUT2D eigenvalue weighted by molar-refractivity contribution is -0.321. The van der Waals surface area contributed by atoms with Gasteiger partial charge in [-0.15, -0.1) is 0 Å². The van der Waals surface area contributed by atoms with Gasteiger partial charge >= 0.3 is 0 Å². The average molecular weight is 1300 g/mol. The molecule has 14 atom stereocenters. The molecule has 0 aliphatic carbocycles. The lowest BCUT2D eigenvalue weighted by atomic mass is 9.90. The van der Waals surface area contributed by atoms with Gasteiger partial charge in [0.05, 0.1) is 19.3 Å². The Bertz CT molecular complexity index is 2600. The molecule has 0 aromatic carbocycles. The molecule has 0 saturated carbocycles. The summed E-state index contributed by atoms with van der Waals surface area (Å²) in [4.78, 5) is 182. The maximum Gasteiger partial charge on any atom is 0.270 e. The fourth-order valence-electron chi connectivity index (χ4n) is 12.7. The predicted octanol–water partition coefficient (Wildman–Crippen LogP) is 2.52. The minimum absolute atomic E-state index is 0.0496. The molecule has 92 heavy (non-hydrogen) atoms. The molecule has 0 aromatic heterocycles. The number of unbranched alkanes of at least 4 members (excludes halogenated alkanes) is 1. The largest absolute Gasteiger partial charge is 0.379 e. The summed E-state index contributed by atoms with van der Waals surface area (Å²) in [6.45, 7) is 29.5. The van der Waals surface area contributed by atoms with Gasteiger partial charge < -0.3 is 59.7 Å². The van der Waals surface area contributed by atoms with Gasteiger partial charge in [0.15, 0.2) is 6.04 Å². The van der Waals surface area contributed by atoms with Crippen molar-refractivity contribution in [3.05, 3.63) is 12.2 Å². The Morgan fingerprint density at radius 2 is 1.20 bits per heavy atom. The van der Waals surface area contributed by atoms with Gasteiger partial charge in [-0.25, -0.2) is 5.06 Å². The Morgan fingerprint density at radius 3 is 1.76 bits per heavy atom. The Morgan fingerprint density at radius 1 is 0.598 bits per heavy atom. The van der Waals surface area contributed by atoms with E-state index in [1.54, 1.807) is 48.5 Å². The van der Waals surface area contributed by atoms with Gasteiger partial charge in [-0.3, -0.25) is 62.5 Å². The number of hydrogen-bond acceptors (Lipinski definition) is 15. The molecule has 3 N–H and O–H groups in total. The first-order chi connectivity index (χ1) is 43.0. The number of fused-ring (bicyclic) bond motifs is 4. The number of allylic oxidation sites excluding steroid dienone is 2. The smallest absolute Gasteiger partial charge is 0.270 e. The number of nitrogens with one attached hydrogen (secondary N) is 3. The van der Waals surface area contributed by atoms with Crippen molar-refractivity contribution in [3.63, 3.8) is 0 Å². The first-order valence-corrected chi connectivity index (χ1v) is 33.4. The monoisotopic (exact) mass is 1300 g/mol. The van der Waals surface area contributed by atoms with E-state index in [4.69, 9.17) is 14.3 Å². The molecule has 2 unspecified atom stereocenters. The summed E-state index contributed by atoms with van der Waals surface area (Å²) in [7, 11) is 8.61. The van der Waals surface area contributed by atoms with Crippen molar-refractivity contribution < 1.29 is 67.1 Å². The molecule has 4 fully saturated rings. The second-order valence-electron chi connectivity index (χ2n) is 27.5. The first-order valence-electron chi connectivity index (χ1n) is 33.4. The summed E-state index contributed by atoms with van der Waals surface area (Å²) in [5.41, 5.74) is 0. The minimum atomic E-state index is -1.37. The predicted molar refractivity (Wildman–Crippen MR) is 347 cm³/mol. The van der Waals surface area contributed by atoms with Crippen LogP contribution in [0.2, 0.25) is 0 Å². The number of hydroxylamine groups is 2. The molecule has 522 valence electrons. The van der Waals surface area contributed by atoms with E-state index in [1.807, 2.05) is 53.7 Å². The number of carbonyl (C=O) groups excluding carboxylic acids is 11. The number of nitrogens with zero attached hydrogens (tertiary/aromatic N) is 9.